The average Bonchev–Trinajstić information content (AvgIpc) is 4.08. The molecular weight excluding hydrogens is 817 g/mol. The zero-order valence-electron chi connectivity index (χ0n) is 37.0. The zero-order valence-corrected chi connectivity index (χ0v) is 37.0. The van der Waals surface area contributed by atoms with E-state index in [-0.39, 0.29) is 0 Å². The first-order valence-corrected chi connectivity index (χ1v) is 22.9. The first-order chi connectivity index (χ1) is 33.0. The van der Waals surface area contributed by atoms with Crippen molar-refractivity contribution in [2.24, 2.45) is 14.1 Å². The van der Waals surface area contributed by atoms with Gasteiger partial charge in [-0.2, -0.15) is 0 Å². The summed E-state index contributed by atoms with van der Waals surface area (Å²) in [7, 11) is 4.33. The molecule has 0 saturated carbocycles. The molecule has 67 heavy (non-hydrogen) atoms. The van der Waals surface area contributed by atoms with Gasteiger partial charge in [0.05, 0.1) is 22.1 Å². The highest BCUT2D eigenvalue weighted by molar-refractivity contribution is 6.14. The van der Waals surface area contributed by atoms with Crippen LogP contribution in [0.25, 0.3) is 121 Å². The molecule has 0 bridgehead atoms. The van der Waals surface area contributed by atoms with Gasteiger partial charge in [-0.1, -0.05) is 109 Å². The van der Waals surface area contributed by atoms with Gasteiger partial charge in [0.2, 0.25) is 0 Å². The molecule has 0 radical (unpaired) electrons. The van der Waals surface area contributed by atoms with E-state index in [9.17, 15) is 0 Å². The first-order valence-electron chi connectivity index (χ1n) is 22.9. The second-order valence-corrected chi connectivity index (χ2v) is 17.9. The average molecular weight is 859 g/mol. The van der Waals surface area contributed by atoms with Gasteiger partial charge in [0.1, 0.15) is 11.5 Å². The van der Waals surface area contributed by atoms with Crippen molar-refractivity contribution < 1.29 is 4.74 Å². The van der Waals surface area contributed by atoms with Crippen molar-refractivity contribution in [2.45, 2.75) is 0 Å². The topological polar surface area (TPSA) is 28.9 Å². The maximum Gasteiger partial charge on any atom is 0.128 e. The van der Waals surface area contributed by atoms with Crippen LogP contribution >= 0.6 is 0 Å². The number of ether oxygens (including phenoxy) is 1. The predicted molar refractivity (Wildman–Crippen MR) is 280 cm³/mol. The molecule has 0 aliphatic rings. The number of rotatable bonds is 6. The van der Waals surface area contributed by atoms with Crippen molar-refractivity contribution in [3.05, 3.63) is 218 Å². The number of nitrogens with zero attached hydrogens (tertiary/aromatic N) is 4. The lowest BCUT2D eigenvalue weighted by Crippen LogP contribution is -1.94. The number of aryl methyl sites for hydroxylation is 2. The lowest BCUT2D eigenvalue weighted by atomic mass is 10.0. The largest absolute Gasteiger partial charge is 0.457 e. The third kappa shape index (κ3) is 5.68. The van der Waals surface area contributed by atoms with Crippen molar-refractivity contribution in [3.8, 4) is 45.1 Å². The standard InChI is InChI=1S/C62H42N4O/c1-63-55-27-21-41(39-13-5-3-6-14-39)33-49(55)51-35-43(23-29-57(51)63)65-59-19-11-9-17-47(59)53-37-45(25-31-61(53)65)67-46-26-32-62-54(38-46)48-18-10-12-20-60(48)66(62)44-24-30-58-52(36-44)50-34-42(22-28-56(50)64(58)2)40-15-7-4-8-16-40/h3-38H,1-2H3. The van der Waals surface area contributed by atoms with Gasteiger partial charge in [0.15, 0.2) is 0 Å². The van der Waals surface area contributed by atoms with Gasteiger partial charge >= 0.3 is 0 Å². The molecule has 0 atom stereocenters. The van der Waals surface area contributed by atoms with Gasteiger partial charge < -0.3 is 23.0 Å². The molecule has 5 nitrogen and oxygen atoms in total. The second kappa shape index (κ2) is 14.4. The van der Waals surface area contributed by atoms with Gasteiger partial charge in [-0.15, -0.1) is 0 Å². The Hall–Kier alpha value is -8.80. The molecule has 5 heteroatoms. The Morgan fingerprint density at radius 3 is 1.04 bits per heavy atom. The second-order valence-electron chi connectivity index (χ2n) is 17.9. The fraction of sp³-hybridized carbons (Fsp3) is 0.0323. The number of fused-ring (bicyclic) bond motifs is 12. The molecule has 0 N–H and O–H groups in total. The summed E-state index contributed by atoms with van der Waals surface area (Å²) in [5.74, 6) is 1.60. The van der Waals surface area contributed by atoms with E-state index in [0.717, 1.165) is 55.7 Å². The molecule has 0 aliphatic carbocycles. The number of hydrogen-bond acceptors (Lipinski definition) is 1. The third-order valence-corrected chi connectivity index (χ3v) is 14.2. The van der Waals surface area contributed by atoms with E-state index in [0.29, 0.717) is 0 Å². The number of aromatic nitrogens is 4. The Balaban J connectivity index is 0.854. The van der Waals surface area contributed by atoms with Crippen molar-refractivity contribution in [3.63, 3.8) is 0 Å². The van der Waals surface area contributed by atoms with Crippen LogP contribution in [0.15, 0.2) is 218 Å². The summed E-state index contributed by atoms with van der Waals surface area (Å²) >= 11 is 0. The van der Waals surface area contributed by atoms with Crippen molar-refractivity contribution in [1.82, 2.24) is 18.3 Å². The van der Waals surface area contributed by atoms with Gasteiger partial charge in [0, 0.05) is 90.6 Å². The Labute approximate surface area is 386 Å². The van der Waals surface area contributed by atoms with Crippen LogP contribution in [0.3, 0.4) is 0 Å². The summed E-state index contributed by atoms with van der Waals surface area (Å²) in [5.41, 5.74) is 16.6. The van der Waals surface area contributed by atoms with Gasteiger partial charge in [0.25, 0.3) is 0 Å². The molecule has 4 aromatic heterocycles. The molecule has 0 fully saturated rings. The fourth-order valence-electron chi connectivity index (χ4n) is 11.0. The highest BCUT2D eigenvalue weighted by atomic mass is 16.5. The van der Waals surface area contributed by atoms with E-state index in [2.05, 4.69) is 251 Å². The van der Waals surface area contributed by atoms with Crippen LogP contribution in [0, 0.1) is 0 Å². The number of hydrogen-bond donors (Lipinski definition) is 0. The highest BCUT2D eigenvalue weighted by Gasteiger charge is 2.19. The summed E-state index contributed by atoms with van der Waals surface area (Å²) in [6.45, 7) is 0. The van der Waals surface area contributed by atoms with E-state index >= 15 is 0 Å². The molecule has 0 saturated heterocycles. The summed E-state index contributed by atoms with van der Waals surface area (Å²) in [4.78, 5) is 0. The Morgan fingerprint density at radius 1 is 0.254 bits per heavy atom. The van der Waals surface area contributed by atoms with Crippen molar-refractivity contribution in [2.75, 3.05) is 0 Å². The molecule has 0 spiro atoms. The maximum absolute atomic E-state index is 6.81. The maximum atomic E-state index is 6.81. The van der Waals surface area contributed by atoms with Crippen LogP contribution in [0.4, 0.5) is 0 Å². The predicted octanol–water partition coefficient (Wildman–Crippen LogP) is 16.3. The molecule has 316 valence electrons. The van der Waals surface area contributed by atoms with Crippen molar-refractivity contribution >= 4 is 87.2 Å². The SMILES string of the molecule is Cn1c2ccc(-c3ccccc3)cc2c2cc(-n3c4ccccc4c4cc(Oc5ccc6c(c5)c5ccccc5n6-c5ccc6c(c5)c5cc(-c7ccccc7)ccc5n6C)ccc43)ccc21. The van der Waals surface area contributed by atoms with Crippen LogP contribution in [-0.2, 0) is 14.1 Å². The Bertz CT molecular complexity index is 4040. The van der Waals surface area contributed by atoms with Gasteiger partial charge in [-0.25, -0.2) is 0 Å². The van der Waals surface area contributed by atoms with Crippen LogP contribution in [0.1, 0.15) is 0 Å². The zero-order chi connectivity index (χ0) is 44.3. The molecule has 14 rings (SSSR count). The first kappa shape index (κ1) is 37.6. The summed E-state index contributed by atoms with van der Waals surface area (Å²) < 4.78 is 16.2. The van der Waals surface area contributed by atoms with Crippen LogP contribution in [0.2, 0.25) is 0 Å². The third-order valence-electron chi connectivity index (χ3n) is 14.2. The van der Waals surface area contributed by atoms with E-state index in [1.165, 1.54) is 76.6 Å². The fourth-order valence-corrected chi connectivity index (χ4v) is 11.0. The monoisotopic (exact) mass is 858 g/mol. The van der Waals surface area contributed by atoms with Crippen LogP contribution in [-0.4, -0.2) is 18.3 Å². The smallest absolute Gasteiger partial charge is 0.128 e. The summed E-state index contributed by atoms with van der Waals surface area (Å²) in [5, 5.41) is 9.64. The molecule has 4 heterocycles. The number of para-hydroxylation sites is 2. The lowest BCUT2D eigenvalue weighted by molar-refractivity contribution is 0.484. The normalized spacial score (nSPS) is 12.0. The van der Waals surface area contributed by atoms with Crippen molar-refractivity contribution in [1.29, 1.82) is 0 Å². The molecule has 10 aromatic carbocycles. The van der Waals surface area contributed by atoms with E-state index in [1.54, 1.807) is 0 Å². The molecule has 0 aliphatic heterocycles. The highest BCUT2D eigenvalue weighted by Crippen LogP contribution is 2.41. The Kier molecular flexibility index (Phi) is 8.05. The lowest BCUT2D eigenvalue weighted by Gasteiger charge is -2.11. The van der Waals surface area contributed by atoms with Gasteiger partial charge in [-0.3, -0.25) is 0 Å². The van der Waals surface area contributed by atoms with Gasteiger partial charge in [-0.05, 0) is 131 Å². The summed E-state index contributed by atoms with van der Waals surface area (Å²) in [6.07, 6.45) is 0. The quantitative estimate of drug-likeness (QED) is 0.164. The minimum Gasteiger partial charge on any atom is -0.457 e. The molecule has 0 unspecified atom stereocenters. The minimum atomic E-state index is 0.799. The van der Waals surface area contributed by atoms with E-state index in [1.807, 2.05) is 0 Å². The van der Waals surface area contributed by atoms with E-state index in [4.69, 9.17) is 4.74 Å². The minimum absolute atomic E-state index is 0.799. The molecule has 0 amide bonds. The number of benzene rings is 10. The molecule has 14 aromatic rings. The van der Waals surface area contributed by atoms with E-state index < -0.39 is 0 Å². The molecular formula is C62H42N4O. The Morgan fingerprint density at radius 2 is 0.597 bits per heavy atom. The summed E-state index contributed by atoms with van der Waals surface area (Å²) in [6, 6.07) is 79.1. The van der Waals surface area contributed by atoms with Crippen LogP contribution < -0.4 is 4.74 Å². The van der Waals surface area contributed by atoms with Crippen LogP contribution in [0.5, 0.6) is 11.5 Å².